The van der Waals surface area contributed by atoms with E-state index >= 15 is 0 Å². The van der Waals surface area contributed by atoms with Crippen molar-refractivity contribution in [1.29, 1.82) is 0 Å². The largest absolute Gasteiger partial charge is 0.488 e. The minimum Gasteiger partial charge on any atom is -0.488 e. The number of fused-ring (bicyclic) bond motifs is 3. The van der Waals surface area contributed by atoms with Gasteiger partial charge in [-0.05, 0) is 30.7 Å². The summed E-state index contributed by atoms with van der Waals surface area (Å²) in [4.78, 5) is 14.7. The predicted molar refractivity (Wildman–Crippen MR) is 107 cm³/mol. The van der Waals surface area contributed by atoms with Crippen LogP contribution in [0.3, 0.4) is 0 Å². The van der Waals surface area contributed by atoms with Gasteiger partial charge in [0.1, 0.15) is 18.2 Å². The van der Waals surface area contributed by atoms with Crippen molar-refractivity contribution in [1.82, 2.24) is 14.7 Å². The minimum atomic E-state index is -0.425. The summed E-state index contributed by atoms with van der Waals surface area (Å²) in [6.45, 7) is 0.248. The molecule has 0 bridgehead atoms. The quantitative estimate of drug-likeness (QED) is 0.808. The molecule has 1 amide bonds. The number of carbonyl (C=O) groups excluding carboxylic acids is 1. The van der Waals surface area contributed by atoms with Crippen molar-refractivity contribution in [3.63, 3.8) is 0 Å². The summed E-state index contributed by atoms with van der Waals surface area (Å²) in [5.41, 5.74) is 2.45. The lowest BCUT2D eigenvalue weighted by Crippen LogP contribution is -2.38. The Hall–Kier alpha value is -2.64. The molecule has 0 radical (unpaired) electrons. The number of hydrogen-bond donors (Lipinski definition) is 1. The maximum absolute atomic E-state index is 14.2. The summed E-state index contributed by atoms with van der Waals surface area (Å²) >= 11 is 6.14. The highest BCUT2D eigenvalue weighted by atomic mass is 35.5. The molecule has 1 N–H and O–H groups in total. The van der Waals surface area contributed by atoms with Gasteiger partial charge in [0.25, 0.3) is 5.91 Å². The molecule has 152 valence electrons. The van der Waals surface area contributed by atoms with Crippen LogP contribution >= 0.6 is 11.6 Å². The molecule has 0 saturated heterocycles. The Balaban J connectivity index is 1.67. The van der Waals surface area contributed by atoms with Gasteiger partial charge >= 0.3 is 0 Å². The number of ether oxygens (including phenoxy) is 1. The zero-order valence-electron chi connectivity index (χ0n) is 15.9. The summed E-state index contributed by atoms with van der Waals surface area (Å²) in [5.74, 6) is -0.367. The van der Waals surface area contributed by atoms with Gasteiger partial charge in [-0.1, -0.05) is 23.8 Å². The van der Waals surface area contributed by atoms with Crippen LogP contribution in [-0.4, -0.2) is 45.4 Å². The van der Waals surface area contributed by atoms with E-state index in [4.69, 9.17) is 16.3 Å². The van der Waals surface area contributed by atoms with Crippen molar-refractivity contribution in [3.05, 3.63) is 58.5 Å². The Bertz CT molecular complexity index is 1010. The van der Waals surface area contributed by atoms with Crippen molar-refractivity contribution in [2.24, 2.45) is 13.0 Å². The Morgan fingerprint density at radius 3 is 3.07 bits per heavy atom. The van der Waals surface area contributed by atoms with Gasteiger partial charge in [0, 0.05) is 42.2 Å². The summed E-state index contributed by atoms with van der Waals surface area (Å²) in [5, 5.41) is 14.4. The molecule has 1 aromatic heterocycles. The third-order valence-electron chi connectivity index (χ3n) is 5.22. The van der Waals surface area contributed by atoms with Gasteiger partial charge in [-0.2, -0.15) is 5.10 Å². The van der Waals surface area contributed by atoms with Crippen LogP contribution in [-0.2, 0) is 13.7 Å². The first-order valence-corrected chi connectivity index (χ1v) is 9.78. The zero-order chi connectivity index (χ0) is 20.5. The van der Waals surface area contributed by atoms with Gasteiger partial charge in [0.2, 0.25) is 0 Å². The van der Waals surface area contributed by atoms with Crippen LogP contribution in [0, 0.1) is 5.92 Å². The van der Waals surface area contributed by atoms with E-state index in [0.29, 0.717) is 22.8 Å². The molecule has 0 fully saturated rings. The molecule has 1 aliphatic carbocycles. The van der Waals surface area contributed by atoms with Gasteiger partial charge in [-0.25, -0.2) is 4.39 Å². The number of nitrogens with zero attached hydrogens (tertiary/aromatic N) is 3. The van der Waals surface area contributed by atoms with Crippen molar-refractivity contribution < 1.29 is 19.0 Å². The van der Waals surface area contributed by atoms with E-state index in [9.17, 15) is 14.3 Å². The summed E-state index contributed by atoms with van der Waals surface area (Å²) in [6, 6.07) is 5.32. The number of allylic oxidation sites excluding steroid dienone is 3. The Morgan fingerprint density at radius 2 is 2.31 bits per heavy atom. The number of aromatic nitrogens is 2. The average molecular weight is 418 g/mol. The number of aryl methyl sites for hydroxylation is 1. The van der Waals surface area contributed by atoms with Crippen molar-refractivity contribution in [2.45, 2.75) is 13.0 Å². The van der Waals surface area contributed by atoms with Crippen LogP contribution in [0.2, 0.25) is 5.02 Å². The lowest BCUT2D eigenvalue weighted by atomic mass is 9.98. The topological polar surface area (TPSA) is 67.6 Å². The molecule has 0 saturated carbocycles. The number of rotatable bonds is 5. The standard InChI is InChI=1S/C21H21ClFN3O3/c1-25-20-15-10-14(22)6-7-18(15)29-12-16(20)19(24-25)21(28)26(8-9-27)11-13-4-2-3-5-17(13)23/h2-3,5-7,10,13,27H,4,8-9,11-12H2,1H3. The van der Waals surface area contributed by atoms with E-state index in [1.54, 1.807) is 36.0 Å². The average Bonchev–Trinajstić information content (AvgIpc) is 3.05. The molecule has 6 nitrogen and oxygen atoms in total. The summed E-state index contributed by atoms with van der Waals surface area (Å²) < 4.78 is 21.6. The number of carbonyl (C=O) groups is 1. The van der Waals surface area contributed by atoms with Crippen molar-refractivity contribution >= 4 is 17.5 Å². The second kappa shape index (κ2) is 8.00. The Kier molecular flexibility index (Phi) is 5.43. The number of aliphatic hydroxyl groups excluding tert-OH is 1. The normalized spacial score (nSPS) is 17.2. The van der Waals surface area contributed by atoms with Crippen LogP contribution in [0.5, 0.6) is 5.75 Å². The molecule has 2 heterocycles. The SMILES string of the molecule is Cn1nc(C(=O)N(CCO)CC2CC=CC=C2F)c2c1-c1cc(Cl)ccc1OC2. The first-order valence-electron chi connectivity index (χ1n) is 9.40. The number of halogens is 2. The molecule has 2 aliphatic rings. The van der Waals surface area contributed by atoms with Gasteiger partial charge in [-0.3, -0.25) is 9.48 Å². The molecular formula is C21H21ClFN3O3. The molecule has 1 aliphatic heterocycles. The van der Waals surface area contributed by atoms with Crippen LogP contribution in [0.15, 0.2) is 42.3 Å². The first kappa shape index (κ1) is 19.7. The van der Waals surface area contributed by atoms with E-state index in [0.717, 1.165) is 11.3 Å². The Morgan fingerprint density at radius 1 is 1.48 bits per heavy atom. The highest BCUT2D eigenvalue weighted by Crippen LogP contribution is 2.40. The molecular weight excluding hydrogens is 397 g/mol. The molecule has 0 spiro atoms. The highest BCUT2D eigenvalue weighted by molar-refractivity contribution is 6.31. The minimum absolute atomic E-state index is 0.0982. The highest BCUT2D eigenvalue weighted by Gasteiger charge is 2.32. The first-order chi connectivity index (χ1) is 14.0. The third kappa shape index (κ3) is 3.68. The second-order valence-corrected chi connectivity index (χ2v) is 7.55. The lowest BCUT2D eigenvalue weighted by Gasteiger charge is -2.27. The maximum Gasteiger partial charge on any atom is 0.274 e. The summed E-state index contributed by atoms with van der Waals surface area (Å²) in [6.07, 6.45) is 5.45. The summed E-state index contributed by atoms with van der Waals surface area (Å²) in [7, 11) is 1.76. The number of aliphatic hydroxyl groups is 1. The zero-order valence-corrected chi connectivity index (χ0v) is 16.7. The molecule has 2 aromatic rings. The van der Waals surface area contributed by atoms with Crippen LogP contribution in [0.25, 0.3) is 11.3 Å². The number of hydrogen-bond acceptors (Lipinski definition) is 4. The van der Waals surface area contributed by atoms with Crippen LogP contribution in [0.4, 0.5) is 4.39 Å². The molecule has 1 unspecified atom stereocenters. The second-order valence-electron chi connectivity index (χ2n) is 7.12. The predicted octanol–water partition coefficient (Wildman–Crippen LogP) is 3.50. The van der Waals surface area contributed by atoms with Gasteiger partial charge < -0.3 is 14.7 Å². The monoisotopic (exact) mass is 417 g/mol. The van der Waals surface area contributed by atoms with Crippen LogP contribution in [0.1, 0.15) is 22.5 Å². The fourth-order valence-corrected chi connectivity index (χ4v) is 3.97. The van der Waals surface area contributed by atoms with E-state index in [-0.39, 0.29) is 43.7 Å². The number of amides is 1. The smallest absolute Gasteiger partial charge is 0.274 e. The maximum atomic E-state index is 14.2. The molecule has 4 rings (SSSR count). The van der Waals surface area contributed by atoms with E-state index in [2.05, 4.69) is 5.10 Å². The van der Waals surface area contributed by atoms with Gasteiger partial charge in [0.05, 0.1) is 12.3 Å². The fourth-order valence-electron chi connectivity index (χ4n) is 3.80. The molecule has 29 heavy (non-hydrogen) atoms. The molecule has 8 heteroatoms. The third-order valence-corrected chi connectivity index (χ3v) is 5.45. The van der Waals surface area contributed by atoms with E-state index < -0.39 is 5.92 Å². The van der Waals surface area contributed by atoms with E-state index in [1.807, 2.05) is 6.08 Å². The van der Waals surface area contributed by atoms with Crippen molar-refractivity contribution in [3.8, 4) is 17.0 Å². The van der Waals surface area contributed by atoms with E-state index in [1.165, 1.54) is 11.0 Å². The Labute approximate surface area is 172 Å². The van der Waals surface area contributed by atoms with Crippen molar-refractivity contribution in [2.75, 3.05) is 19.7 Å². The lowest BCUT2D eigenvalue weighted by molar-refractivity contribution is 0.0685. The molecule has 1 atom stereocenters. The fraction of sp³-hybridized carbons (Fsp3) is 0.333. The van der Waals surface area contributed by atoms with Gasteiger partial charge in [0.15, 0.2) is 5.69 Å². The van der Waals surface area contributed by atoms with Crippen LogP contribution < -0.4 is 4.74 Å². The van der Waals surface area contributed by atoms with Gasteiger partial charge in [-0.15, -0.1) is 0 Å². The number of benzene rings is 1. The molecule has 1 aromatic carbocycles.